The van der Waals surface area contributed by atoms with Crippen molar-refractivity contribution in [3.05, 3.63) is 35.9 Å². The van der Waals surface area contributed by atoms with Gasteiger partial charge in [0.2, 0.25) is 0 Å². The second-order valence-corrected chi connectivity index (χ2v) is 4.56. The fourth-order valence-corrected chi connectivity index (χ4v) is 1.87. The van der Waals surface area contributed by atoms with Gasteiger partial charge in [-0.15, -0.1) is 0 Å². The molecule has 0 bridgehead atoms. The predicted molar refractivity (Wildman–Crippen MR) is 74.1 cm³/mol. The molecule has 0 atom stereocenters. The highest BCUT2D eigenvalue weighted by atomic mass is 16.3. The largest absolute Gasteiger partial charge is 0.394 e. The lowest BCUT2D eigenvalue weighted by Gasteiger charge is -2.29. The lowest BCUT2D eigenvalue weighted by Crippen LogP contribution is -2.49. The molecule has 0 saturated heterocycles. The summed E-state index contributed by atoms with van der Waals surface area (Å²) in [4.78, 5) is 4.32. The molecule has 0 amide bonds. The average molecular weight is 273 g/mol. The molecule has 104 valence electrons. The number of benzene rings is 1. The van der Waals surface area contributed by atoms with Crippen LogP contribution in [0.5, 0.6) is 0 Å². The van der Waals surface area contributed by atoms with Crippen LogP contribution in [0.25, 0.3) is 10.9 Å². The summed E-state index contributed by atoms with van der Waals surface area (Å²) in [5.41, 5.74) is -0.222. The third-order valence-electron chi connectivity index (χ3n) is 3.14. The Morgan fingerprint density at radius 1 is 1.15 bits per heavy atom. The van der Waals surface area contributed by atoms with Crippen molar-refractivity contribution >= 4 is 16.7 Å². The number of rotatable bonds is 5. The first-order chi connectivity index (χ1) is 9.68. The van der Waals surface area contributed by atoms with E-state index >= 15 is 0 Å². The molecule has 1 heterocycles. The number of nitrogens with one attached hydrogen (secondary N) is 1. The first kappa shape index (κ1) is 14.2. The van der Waals surface area contributed by atoms with Crippen molar-refractivity contribution in [2.75, 3.05) is 25.1 Å². The van der Waals surface area contributed by atoms with E-state index in [0.717, 1.165) is 5.39 Å². The summed E-state index contributed by atoms with van der Waals surface area (Å²) in [6.07, 6.45) is 0. The quantitative estimate of drug-likeness (QED) is 0.621. The summed E-state index contributed by atoms with van der Waals surface area (Å²) in [7, 11) is 0. The highest BCUT2D eigenvalue weighted by Crippen LogP contribution is 2.22. The zero-order valence-electron chi connectivity index (χ0n) is 10.7. The minimum Gasteiger partial charge on any atom is -0.394 e. The van der Waals surface area contributed by atoms with Gasteiger partial charge in [-0.2, -0.15) is 5.26 Å². The average Bonchev–Trinajstić information content (AvgIpc) is 2.52. The number of fused-ring (bicyclic) bond motifs is 1. The van der Waals surface area contributed by atoms with E-state index in [4.69, 9.17) is 0 Å². The number of aromatic nitrogens is 1. The van der Waals surface area contributed by atoms with Crippen LogP contribution in [0.3, 0.4) is 0 Å². The molecule has 0 unspecified atom stereocenters. The zero-order chi connectivity index (χ0) is 14.6. The first-order valence-corrected chi connectivity index (χ1v) is 6.08. The number of nitriles is 1. The van der Waals surface area contributed by atoms with Crippen LogP contribution in [-0.2, 0) is 0 Å². The normalized spacial score (nSPS) is 11.3. The van der Waals surface area contributed by atoms with Crippen molar-refractivity contribution in [1.29, 1.82) is 5.26 Å². The minimum atomic E-state index is -1.28. The Labute approximate surface area is 115 Å². The third-order valence-corrected chi connectivity index (χ3v) is 3.14. The molecule has 1 aromatic carbocycles. The van der Waals surface area contributed by atoms with Gasteiger partial charge < -0.3 is 20.6 Å². The Bertz CT molecular complexity index is 639. The first-order valence-electron chi connectivity index (χ1n) is 6.08. The van der Waals surface area contributed by atoms with Crippen molar-refractivity contribution in [2.24, 2.45) is 0 Å². The Morgan fingerprint density at radius 2 is 1.80 bits per heavy atom. The second-order valence-electron chi connectivity index (χ2n) is 4.56. The van der Waals surface area contributed by atoms with E-state index in [9.17, 15) is 20.6 Å². The molecule has 0 aliphatic rings. The molecule has 1 aromatic heterocycles. The van der Waals surface area contributed by atoms with Crippen LogP contribution in [0.15, 0.2) is 30.3 Å². The van der Waals surface area contributed by atoms with Gasteiger partial charge >= 0.3 is 0 Å². The van der Waals surface area contributed by atoms with Crippen LogP contribution in [0, 0.1) is 11.3 Å². The molecule has 2 aromatic rings. The van der Waals surface area contributed by atoms with Crippen LogP contribution < -0.4 is 5.32 Å². The summed E-state index contributed by atoms with van der Waals surface area (Å²) in [5.74, 6) is 0.317. The topological polar surface area (TPSA) is 109 Å². The Hall–Kier alpha value is -2.20. The summed E-state index contributed by atoms with van der Waals surface area (Å²) in [6.45, 7) is -1.39. The molecule has 0 fully saturated rings. The van der Waals surface area contributed by atoms with E-state index in [0.29, 0.717) is 16.9 Å². The molecule has 0 saturated carbocycles. The lowest BCUT2D eigenvalue weighted by molar-refractivity contribution is 0.0831. The molecule has 2 rings (SSSR count). The van der Waals surface area contributed by atoms with Gasteiger partial charge in [0.15, 0.2) is 0 Å². The molecule has 6 heteroatoms. The minimum absolute atomic E-state index is 0.317. The third kappa shape index (κ3) is 2.56. The standard InChI is InChI=1S/C14H15N3O3/c15-6-10-5-13(17-14(7-18,8-19)9-20)16-12-4-2-1-3-11(10)12/h1-5,18-20H,7-9H2,(H,16,17). The van der Waals surface area contributed by atoms with Crippen LogP contribution in [0.1, 0.15) is 5.56 Å². The van der Waals surface area contributed by atoms with Gasteiger partial charge in [-0.3, -0.25) is 0 Å². The number of aliphatic hydroxyl groups is 3. The van der Waals surface area contributed by atoms with Crippen molar-refractivity contribution in [3.63, 3.8) is 0 Å². The van der Waals surface area contributed by atoms with E-state index < -0.39 is 25.4 Å². The maximum absolute atomic E-state index is 9.30. The molecular weight excluding hydrogens is 258 g/mol. The number of anilines is 1. The molecule has 4 N–H and O–H groups in total. The van der Waals surface area contributed by atoms with Crippen molar-refractivity contribution < 1.29 is 15.3 Å². The van der Waals surface area contributed by atoms with E-state index in [1.807, 2.05) is 6.07 Å². The zero-order valence-corrected chi connectivity index (χ0v) is 10.7. The lowest BCUT2D eigenvalue weighted by atomic mass is 10.0. The van der Waals surface area contributed by atoms with Gasteiger partial charge in [0.1, 0.15) is 11.4 Å². The maximum atomic E-state index is 9.30. The molecule has 0 aliphatic carbocycles. The molecule has 20 heavy (non-hydrogen) atoms. The van der Waals surface area contributed by atoms with Crippen molar-refractivity contribution in [3.8, 4) is 6.07 Å². The number of nitrogens with zero attached hydrogens (tertiary/aromatic N) is 2. The van der Waals surface area contributed by atoms with Gasteiger partial charge in [-0.05, 0) is 12.1 Å². The fraction of sp³-hybridized carbons (Fsp3) is 0.286. The van der Waals surface area contributed by atoms with Gasteiger partial charge in [-0.25, -0.2) is 4.98 Å². The van der Waals surface area contributed by atoms with Gasteiger partial charge in [-0.1, -0.05) is 18.2 Å². The summed E-state index contributed by atoms with van der Waals surface area (Å²) in [5, 5.41) is 40.6. The number of aliphatic hydroxyl groups excluding tert-OH is 3. The number of hydrogen-bond donors (Lipinski definition) is 4. The second kappa shape index (κ2) is 5.84. The summed E-state index contributed by atoms with van der Waals surface area (Å²) >= 11 is 0. The van der Waals surface area contributed by atoms with Gasteiger partial charge in [0.25, 0.3) is 0 Å². The van der Waals surface area contributed by atoms with Gasteiger partial charge in [0.05, 0.1) is 37.0 Å². The van der Waals surface area contributed by atoms with Crippen LogP contribution >= 0.6 is 0 Å². The highest BCUT2D eigenvalue weighted by molar-refractivity contribution is 5.86. The van der Waals surface area contributed by atoms with Crippen LogP contribution in [0.4, 0.5) is 5.82 Å². The SMILES string of the molecule is N#Cc1cc(NC(CO)(CO)CO)nc2ccccc12. The smallest absolute Gasteiger partial charge is 0.128 e. The molecule has 0 radical (unpaired) electrons. The van der Waals surface area contributed by atoms with E-state index in [-0.39, 0.29) is 0 Å². The monoisotopic (exact) mass is 273 g/mol. The van der Waals surface area contributed by atoms with Crippen molar-refractivity contribution in [1.82, 2.24) is 4.98 Å². The molecule has 0 spiro atoms. The Balaban J connectivity index is 2.48. The van der Waals surface area contributed by atoms with Crippen LogP contribution in [0.2, 0.25) is 0 Å². The van der Waals surface area contributed by atoms with E-state index in [2.05, 4.69) is 16.4 Å². The van der Waals surface area contributed by atoms with Gasteiger partial charge in [0, 0.05) is 5.39 Å². The predicted octanol–water partition coefficient (Wildman–Crippen LogP) is 0.234. The number of pyridine rings is 1. The summed E-state index contributed by atoms with van der Waals surface area (Å²) in [6, 6.07) is 10.8. The highest BCUT2D eigenvalue weighted by Gasteiger charge is 2.28. The fourth-order valence-electron chi connectivity index (χ4n) is 1.87. The Kier molecular flexibility index (Phi) is 4.15. The van der Waals surface area contributed by atoms with E-state index in [1.165, 1.54) is 6.07 Å². The maximum Gasteiger partial charge on any atom is 0.128 e. The Morgan fingerprint density at radius 3 is 2.40 bits per heavy atom. The molecular formula is C14H15N3O3. The summed E-state index contributed by atoms with van der Waals surface area (Å²) < 4.78 is 0. The number of para-hydroxylation sites is 1. The van der Waals surface area contributed by atoms with Crippen LogP contribution in [-0.4, -0.2) is 45.7 Å². The van der Waals surface area contributed by atoms with E-state index in [1.54, 1.807) is 18.2 Å². The molecule has 0 aliphatic heterocycles. The van der Waals surface area contributed by atoms with Crippen molar-refractivity contribution in [2.45, 2.75) is 5.54 Å². The number of hydrogen-bond acceptors (Lipinski definition) is 6. The molecule has 6 nitrogen and oxygen atoms in total.